The number of carbonyl (C=O) groups is 2. The van der Waals surface area contributed by atoms with E-state index in [4.69, 9.17) is 0 Å². The number of hydrogen-bond donors (Lipinski definition) is 0. The summed E-state index contributed by atoms with van der Waals surface area (Å²) in [6.07, 6.45) is 7.58. The van der Waals surface area contributed by atoms with Crippen LogP contribution in [-0.4, -0.2) is 72.8 Å². The van der Waals surface area contributed by atoms with Crippen molar-refractivity contribution < 1.29 is 9.59 Å². The van der Waals surface area contributed by atoms with E-state index in [2.05, 4.69) is 9.80 Å². The zero-order chi connectivity index (χ0) is 17.8. The summed E-state index contributed by atoms with van der Waals surface area (Å²) in [5.74, 6) is 3.04. The van der Waals surface area contributed by atoms with Gasteiger partial charge in [0, 0.05) is 40.3 Å². The van der Waals surface area contributed by atoms with Crippen molar-refractivity contribution >= 4 is 11.8 Å². The van der Waals surface area contributed by atoms with Crippen molar-refractivity contribution in [2.45, 2.75) is 51.5 Å². The first-order valence-electron chi connectivity index (χ1n) is 10.1. The van der Waals surface area contributed by atoms with Gasteiger partial charge in [0.05, 0.1) is 11.5 Å². The molecular formula is C20H33N3O2. The number of piperazine rings is 1. The molecule has 5 fully saturated rings. The molecule has 0 N–H and O–H groups in total. The van der Waals surface area contributed by atoms with Gasteiger partial charge in [0.1, 0.15) is 0 Å². The minimum absolute atomic E-state index is 0.0258. The molecule has 25 heavy (non-hydrogen) atoms. The fourth-order valence-electron chi connectivity index (χ4n) is 6.55. The highest BCUT2D eigenvalue weighted by Crippen LogP contribution is 2.60. The second kappa shape index (κ2) is 6.26. The summed E-state index contributed by atoms with van der Waals surface area (Å²) in [5, 5.41) is 0. The third-order valence-electron chi connectivity index (χ3n) is 7.44. The van der Waals surface area contributed by atoms with Crippen molar-refractivity contribution in [1.82, 2.24) is 14.7 Å². The van der Waals surface area contributed by atoms with E-state index >= 15 is 0 Å². The maximum Gasteiger partial charge on any atom is 0.239 e. The Bertz CT molecular complexity index is 516. The van der Waals surface area contributed by atoms with Crippen LogP contribution in [-0.2, 0) is 9.59 Å². The van der Waals surface area contributed by atoms with Crippen LogP contribution in [0.1, 0.15) is 45.4 Å². The molecule has 5 rings (SSSR count). The van der Waals surface area contributed by atoms with E-state index in [1.165, 1.54) is 19.3 Å². The summed E-state index contributed by atoms with van der Waals surface area (Å²) in [5.41, 5.74) is -0.0258. The first kappa shape index (κ1) is 17.3. The summed E-state index contributed by atoms with van der Waals surface area (Å²) in [7, 11) is 3.62. The predicted molar refractivity (Wildman–Crippen MR) is 96.9 cm³/mol. The largest absolute Gasteiger partial charge is 0.347 e. The fourth-order valence-corrected chi connectivity index (χ4v) is 6.55. The Kier molecular flexibility index (Phi) is 4.33. The molecule has 1 saturated heterocycles. The molecule has 4 bridgehead atoms. The SMILES string of the molecule is CC(C(=O)N(C)C)N1CCN(C(=O)C23CC4CC(CC(C4)C2)C3)CC1. The molecule has 0 spiro atoms. The Morgan fingerprint density at radius 1 is 0.920 bits per heavy atom. The minimum Gasteiger partial charge on any atom is -0.347 e. The minimum atomic E-state index is -0.0909. The summed E-state index contributed by atoms with van der Waals surface area (Å²) in [6, 6.07) is -0.0909. The van der Waals surface area contributed by atoms with E-state index in [9.17, 15) is 9.59 Å². The summed E-state index contributed by atoms with van der Waals surface area (Å²) < 4.78 is 0. The highest BCUT2D eigenvalue weighted by Gasteiger charge is 2.55. The summed E-state index contributed by atoms with van der Waals surface area (Å²) in [4.78, 5) is 31.6. The van der Waals surface area contributed by atoms with Crippen LogP contribution in [0, 0.1) is 23.2 Å². The van der Waals surface area contributed by atoms with Gasteiger partial charge in [-0.3, -0.25) is 14.5 Å². The fraction of sp³-hybridized carbons (Fsp3) is 0.900. The predicted octanol–water partition coefficient (Wildman–Crippen LogP) is 1.82. The standard InChI is InChI=1S/C20H33N3O2/c1-14(18(24)21(2)3)22-4-6-23(7-5-22)19(25)20-11-15-8-16(12-20)10-17(9-15)13-20/h14-17H,4-13H2,1-3H3. The Hall–Kier alpha value is -1.10. The molecule has 0 aromatic carbocycles. The molecule has 0 aromatic heterocycles. The van der Waals surface area contributed by atoms with Gasteiger partial charge in [-0.05, 0) is 63.2 Å². The van der Waals surface area contributed by atoms with Gasteiger partial charge in [-0.2, -0.15) is 0 Å². The third-order valence-corrected chi connectivity index (χ3v) is 7.44. The highest BCUT2D eigenvalue weighted by atomic mass is 16.2. The van der Waals surface area contributed by atoms with E-state index in [1.54, 1.807) is 4.90 Å². The van der Waals surface area contributed by atoms with Gasteiger partial charge in [-0.15, -0.1) is 0 Å². The van der Waals surface area contributed by atoms with Gasteiger partial charge in [0.25, 0.3) is 0 Å². The lowest BCUT2D eigenvalue weighted by Crippen LogP contribution is -2.59. The summed E-state index contributed by atoms with van der Waals surface area (Å²) in [6.45, 7) is 5.19. The molecule has 5 aliphatic rings. The molecule has 1 heterocycles. The van der Waals surface area contributed by atoms with Gasteiger partial charge < -0.3 is 9.80 Å². The molecule has 1 aliphatic heterocycles. The first-order chi connectivity index (χ1) is 11.9. The zero-order valence-corrected chi connectivity index (χ0v) is 16.0. The molecule has 1 atom stereocenters. The molecule has 0 aromatic rings. The van der Waals surface area contributed by atoms with Crippen LogP contribution in [0.15, 0.2) is 0 Å². The van der Waals surface area contributed by atoms with Crippen LogP contribution in [0.5, 0.6) is 0 Å². The number of likely N-dealkylation sites (N-methyl/N-ethyl adjacent to an activating group) is 1. The number of amides is 2. The van der Waals surface area contributed by atoms with Gasteiger partial charge >= 0.3 is 0 Å². The van der Waals surface area contributed by atoms with Crippen molar-refractivity contribution in [3.63, 3.8) is 0 Å². The van der Waals surface area contributed by atoms with Gasteiger partial charge in [0.15, 0.2) is 0 Å². The molecule has 5 nitrogen and oxygen atoms in total. The first-order valence-corrected chi connectivity index (χ1v) is 10.1. The van der Waals surface area contributed by atoms with Gasteiger partial charge in [0.2, 0.25) is 11.8 Å². The monoisotopic (exact) mass is 347 g/mol. The Morgan fingerprint density at radius 3 is 1.84 bits per heavy atom. The molecule has 1 unspecified atom stereocenters. The number of rotatable bonds is 3. The second-order valence-electron chi connectivity index (χ2n) is 9.43. The lowest BCUT2D eigenvalue weighted by atomic mass is 9.49. The van der Waals surface area contributed by atoms with Crippen LogP contribution < -0.4 is 0 Å². The smallest absolute Gasteiger partial charge is 0.239 e. The Morgan fingerprint density at radius 2 is 1.40 bits per heavy atom. The number of nitrogens with zero attached hydrogens (tertiary/aromatic N) is 3. The average Bonchev–Trinajstić information content (AvgIpc) is 2.58. The normalized spacial score (nSPS) is 38.7. The van der Waals surface area contributed by atoms with Gasteiger partial charge in [-0.25, -0.2) is 0 Å². The molecule has 140 valence electrons. The van der Waals surface area contributed by atoms with E-state index in [-0.39, 0.29) is 17.4 Å². The Balaban J connectivity index is 1.38. The van der Waals surface area contributed by atoms with Crippen molar-refractivity contribution in [2.75, 3.05) is 40.3 Å². The maximum absolute atomic E-state index is 13.4. The van der Waals surface area contributed by atoms with Crippen LogP contribution in [0.4, 0.5) is 0 Å². The van der Waals surface area contributed by atoms with Crippen molar-refractivity contribution in [1.29, 1.82) is 0 Å². The van der Waals surface area contributed by atoms with Crippen LogP contribution in [0.25, 0.3) is 0 Å². The van der Waals surface area contributed by atoms with Crippen molar-refractivity contribution in [2.24, 2.45) is 23.2 Å². The molecular weight excluding hydrogens is 314 g/mol. The second-order valence-corrected chi connectivity index (χ2v) is 9.43. The topological polar surface area (TPSA) is 43.9 Å². The Labute approximate surface area is 151 Å². The quantitative estimate of drug-likeness (QED) is 0.782. The van der Waals surface area contributed by atoms with E-state index in [1.807, 2.05) is 21.0 Å². The zero-order valence-electron chi connectivity index (χ0n) is 16.0. The van der Waals surface area contributed by atoms with Crippen LogP contribution in [0.3, 0.4) is 0 Å². The lowest BCUT2D eigenvalue weighted by Gasteiger charge is -2.57. The average molecular weight is 348 g/mol. The molecule has 5 heteroatoms. The molecule has 4 saturated carbocycles. The maximum atomic E-state index is 13.4. The number of hydrogen-bond acceptors (Lipinski definition) is 3. The molecule has 0 radical (unpaired) electrons. The van der Waals surface area contributed by atoms with Crippen LogP contribution >= 0.6 is 0 Å². The van der Waals surface area contributed by atoms with Gasteiger partial charge in [-0.1, -0.05) is 0 Å². The lowest BCUT2D eigenvalue weighted by molar-refractivity contribution is -0.160. The van der Waals surface area contributed by atoms with Crippen molar-refractivity contribution in [3.8, 4) is 0 Å². The highest BCUT2D eigenvalue weighted by molar-refractivity contribution is 5.84. The van der Waals surface area contributed by atoms with E-state index < -0.39 is 0 Å². The molecule has 2 amide bonds. The third kappa shape index (κ3) is 2.98. The van der Waals surface area contributed by atoms with Crippen LogP contribution in [0.2, 0.25) is 0 Å². The van der Waals surface area contributed by atoms with E-state index in [0.717, 1.165) is 63.2 Å². The number of carbonyl (C=O) groups excluding carboxylic acids is 2. The van der Waals surface area contributed by atoms with E-state index in [0.29, 0.717) is 5.91 Å². The molecule has 4 aliphatic carbocycles. The van der Waals surface area contributed by atoms with Crippen molar-refractivity contribution in [3.05, 3.63) is 0 Å². The summed E-state index contributed by atoms with van der Waals surface area (Å²) >= 11 is 0.